The molecule has 4 aromatic heterocycles. The maximum Gasteiger partial charge on any atom is 0.276 e. The van der Waals surface area contributed by atoms with E-state index in [-0.39, 0.29) is 11.5 Å². The first kappa shape index (κ1) is 17.8. The lowest BCUT2D eigenvalue weighted by atomic mass is 10.1. The van der Waals surface area contributed by atoms with Crippen molar-refractivity contribution in [2.45, 2.75) is 6.42 Å². The molecule has 0 radical (unpaired) electrons. The van der Waals surface area contributed by atoms with E-state index in [1.54, 1.807) is 17.4 Å². The molecule has 0 saturated carbocycles. The second-order valence-corrected chi connectivity index (χ2v) is 8.43. The number of aromatic nitrogens is 3. The van der Waals surface area contributed by atoms with Gasteiger partial charge in [0.05, 0.1) is 16.7 Å². The zero-order valence-electron chi connectivity index (χ0n) is 15.2. The predicted octanol–water partition coefficient (Wildman–Crippen LogP) is 4.17. The summed E-state index contributed by atoms with van der Waals surface area (Å²) in [7, 11) is 0. The van der Waals surface area contributed by atoms with Gasteiger partial charge in [0.2, 0.25) is 0 Å². The van der Waals surface area contributed by atoms with Crippen molar-refractivity contribution < 1.29 is 4.79 Å². The second kappa shape index (κ2) is 7.31. The third-order valence-corrected chi connectivity index (χ3v) is 6.38. The minimum atomic E-state index is -0.242. The summed E-state index contributed by atoms with van der Waals surface area (Å²) < 4.78 is 0. The van der Waals surface area contributed by atoms with Crippen LogP contribution in [0.15, 0.2) is 57.3 Å². The van der Waals surface area contributed by atoms with Crippen LogP contribution in [0, 0.1) is 0 Å². The van der Waals surface area contributed by atoms with E-state index in [1.165, 1.54) is 16.2 Å². The van der Waals surface area contributed by atoms with Crippen LogP contribution in [-0.2, 0) is 6.42 Å². The number of aromatic amines is 2. The van der Waals surface area contributed by atoms with E-state index < -0.39 is 0 Å². The number of rotatable bonds is 5. The molecular weight excluding hydrogens is 404 g/mol. The average Bonchev–Trinajstić information content (AvgIpc) is 3.46. The molecule has 4 heterocycles. The molecule has 0 bridgehead atoms. The van der Waals surface area contributed by atoms with Crippen molar-refractivity contribution in [3.8, 4) is 11.4 Å². The minimum absolute atomic E-state index is 0.109. The summed E-state index contributed by atoms with van der Waals surface area (Å²) in [4.78, 5) is 36.7. The Morgan fingerprint density at radius 2 is 2.03 bits per heavy atom. The number of carbonyl (C=O) groups excluding carboxylic acids is 1. The molecule has 0 aliphatic heterocycles. The van der Waals surface area contributed by atoms with Crippen LogP contribution in [0.25, 0.3) is 33.3 Å². The molecule has 0 spiro atoms. The molecule has 1 amide bonds. The van der Waals surface area contributed by atoms with Crippen LogP contribution in [0.4, 0.5) is 0 Å². The third kappa shape index (κ3) is 3.48. The Balaban J connectivity index is 1.40. The Morgan fingerprint density at radius 1 is 1.10 bits per heavy atom. The van der Waals surface area contributed by atoms with Crippen LogP contribution in [0.2, 0.25) is 0 Å². The molecule has 3 N–H and O–H groups in total. The summed E-state index contributed by atoms with van der Waals surface area (Å²) >= 11 is 3.18. The van der Waals surface area contributed by atoms with Gasteiger partial charge in [0.25, 0.3) is 11.5 Å². The van der Waals surface area contributed by atoms with Crippen LogP contribution >= 0.6 is 22.7 Å². The maximum absolute atomic E-state index is 12.5. The Kier molecular flexibility index (Phi) is 4.49. The van der Waals surface area contributed by atoms with Crippen molar-refractivity contribution in [3.05, 3.63) is 73.3 Å². The van der Waals surface area contributed by atoms with Crippen molar-refractivity contribution in [1.82, 2.24) is 20.3 Å². The Morgan fingerprint density at radius 3 is 2.90 bits per heavy atom. The van der Waals surface area contributed by atoms with E-state index in [2.05, 4.69) is 26.3 Å². The molecule has 0 unspecified atom stereocenters. The number of hydrogen-bond acceptors (Lipinski definition) is 5. The van der Waals surface area contributed by atoms with Gasteiger partial charge in [-0.2, -0.15) is 0 Å². The van der Waals surface area contributed by atoms with Crippen LogP contribution in [0.3, 0.4) is 0 Å². The maximum atomic E-state index is 12.5. The minimum Gasteiger partial charge on any atom is -0.353 e. The van der Waals surface area contributed by atoms with Gasteiger partial charge < -0.3 is 15.3 Å². The lowest BCUT2D eigenvalue weighted by Gasteiger charge is -2.04. The highest BCUT2D eigenvalue weighted by Gasteiger charge is 2.13. The number of amides is 1. The van der Waals surface area contributed by atoms with E-state index in [1.807, 2.05) is 40.4 Å². The van der Waals surface area contributed by atoms with Gasteiger partial charge in [0, 0.05) is 38.6 Å². The highest BCUT2D eigenvalue weighted by molar-refractivity contribution is 7.10. The van der Waals surface area contributed by atoms with Gasteiger partial charge in [-0.15, -0.1) is 22.7 Å². The number of carbonyl (C=O) groups is 1. The highest BCUT2D eigenvalue weighted by atomic mass is 32.1. The van der Waals surface area contributed by atoms with Crippen molar-refractivity contribution >= 4 is 50.5 Å². The first-order valence-electron chi connectivity index (χ1n) is 9.07. The summed E-state index contributed by atoms with van der Waals surface area (Å²) in [6, 6.07) is 11.4. The van der Waals surface area contributed by atoms with Crippen LogP contribution in [0.5, 0.6) is 0 Å². The Hall–Kier alpha value is -3.23. The zero-order chi connectivity index (χ0) is 19.8. The molecule has 6 nitrogen and oxygen atoms in total. The Bertz CT molecular complexity index is 1380. The molecule has 8 heteroatoms. The molecule has 1 aromatic carbocycles. The van der Waals surface area contributed by atoms with Crippen molar-refractivity contribution in [2.75, 3.05) is 6.54 Å². The van der Waals surface area contributed by atoms with E-state index in [0.29, 0.717) is 23.5 Å². The van der Waals surface area contributed by atoms with Gasteiger partial charge >= 0.3 is 0 Å². The molecule has 5 rings (SSSR count). The predicted molar refractivity (Wildman–Crippen MR) is 118 cm³/mol. The normalized spacial score (nSPS) is 11.3. The van der Waals surface area contributed by atoms with Crippen molar-refractivity contribution in [3.63, 3.8) is 0 Å². The summed E-state index contributed by atoms with van der Waals surface area (Å²) in [6.07, 6.45) is 0.819. The molecule has 144 valence electrons. The molecule has 29 heavy (non-hydrogen) atoms. The largest absolute Gasteiger partial charge is 0.353 e. The van der Waals surface area contributed by atoms with Crippen LogP contribution in [-0.4, -0.2) is 27.4 Å². The number of H-pyrrole nitrogens is 2. The van der Waals surface area contributed by atoms with Gasteiger partial charge in [-0.1, -0.05) is 6.07 Å². The molecule has 0 fully saturated rings. The fraction of sp³-hybridized carbons (Fsp3) is 0.0952. The van der Waals surface area contributed by atoms with Crippen LogP contribution < -0.4 is 10.9 Å². The summed E-state index contributed by atoms with van der Waals surface area (Å²) in [6.45, 7) is 0.593. The Labute approximate surface area is 173 Å². The van der Waals surface area contributed by atoms with Gasteiger partial charge in [-0.3, -0.25) is 9.59 Å². The number of thiophene rings is 2. The van der Waals surface area contributed by atoms with Gasteiger partial charge in [0.15, 0.2) is 5.69 Å². The lowest BCUT2D eigenvalue weighted by molar-refractivity contribution is 0.0954. The molecule has 0 atom stereocenters. The molecule has 5 aromatic rings. The van der Waals surface area contributed by atoms with Gasteiger partial charge in [0.1, 0.15) is 0 Å². The van der Waals surface area contributed by atoms with Gasteiger partial charge in [-0.25, -0.2) is 4.98 Å². The molecule has 0 saturated heterocycles. The molecule has 0 aliphatic carbocycles. The van der Waals surface area contributed by atoms with Crippen molar-refractivity contribution in [2.24, 2.45) is 0 Å². The summed E-state index contributed by atoms with van der Waals surface area (Å²) in [5, 5.41) is 9.61. The number of benzene rings is 1. The summed E-state index contributed by atoms with van der Waals surface area (Å²) in [5.41, 5.74) is 3.66. The third-order valence-electron chi connectivity index (χ3n) is 4.71. The highest BCUT2D eigenvalue weighted by Crippen LogP contribution is 2.23. The second-order valence-electron chi connectivity index (χ2n) is 6.66. The first-order valence-corrected chi connectivity index (χ1v) is 10.9. The van der Waals surface area contributed by atoms with Gasteiger partial charge in [-0.05, 0) is 42.1 Å². The topological polar surface area (TPSA) is 90.6 Å². The smallest absolute Gasteiger partial charge is 0.276 e. The quantitative estimate of drug-likeness (QED) is 0.399. The fourth-order valence-electron chi connectivity index (χ4n) is 3.26. The molecule has 0 aliphatic rings. The van der Waals surface area contributed by atoms with Crippen molar-refractivity contribution in [1.29, 1.82) is 0 Å². The standard InChI is InChI=1S/C21H16N4O2S2/c26-20(22-6-5-14-2-1-7-29-14)12-3-4-15-13(8-12)9-16(23-15)19-21(27)25-18-11-28-10-17(18)24-19/h1-4,7-11,23H,5-6H2,(H,22,26)(H,25,27). The number of nitrogens with one attached hydrogen (secondary N) is 3. The summed E-state index contributed by atoms with van der Waals surface area (Å²) in [5.74, 6) is -0.109. The molecular formula is C21H16N4O2S2. The van der Waals surface area contributed by atoms with E-state index in [4.69, 9.17) is 0 Å². The SMILES string of the molecule is O=C(NCCc1cccs1)c1ccc2[nH]c(-c3nc4cscc4[nH]c3=O)cc2c1. The number of fused-ring (bicyclic) bond motifs is 2. The first-order chi connectivity index (χ1) is 14.2. The van der Waals surface area contributed by atoms with E-state index in [9.17, 15) is 9.59 Å². The monoisotopic (exact) mass is 420 g/mol. The fourth-order valence-corrected chi connectivity index (χ4v) is 4.66. The lowest BCUT2D eigenvalue weighted by Crippen LogP contribution is -2.25. The van der Waals surface area contributed by atoms with Crippen LogP contribution in [0.1, 0.15) is 15.2 Å². The zero-order valence-corrected chi connectivity index (χ0v) is 16.8. The average molecular weight is 421 g/mol. The van der Waals surface area contributed by atoms with E-state index >= 15 is 0 Å². The number of hydrogen-bond donors (Lipinski definition) is 3. The van der Waals surface area contributed by atoms with E-state index in [0.717, 1.165) is 28.4 Å². The number of nitrogens with zero attached hydrogens (tertiary/aromatic N) is 1.